The lowest BCUT2D eigenvalue weighted by atomic mass is 9.90. The van der Waals surface area contributed by atoms with Crippen LogP contribution in [0.15, 0.2) is 24.3 Å². The molecule has 1 aliphatic heterocycles. The summed E-state index contributed by atoms with van der Waals surface area (Å²) in [7, 11) is 0. The van der Waals surface area contributed by atoms with Crippen LogP contribution < -0.4 is 15.4 Å². The lowest BCUT2D eigenvalue weighted by molar-refractivity contribution is -0.119. The number of benzene rings is 1. The Labute approximate surface area is 120 Å². The first kappa shape index (κ1) is 14.9. The zero-order valence-electron chi connectivity index (χ0n) is 12.3. The first-order valence-electron chi connectivity index (χ1n) is 7.50. The van der Waals surface area contributed by atoms with Gasteiger partial charge in [-0.3, -0.25) is 4.79 Å². The molecule has 0 aromatic heterocycles. The van der Waals surface area contributed by atoms with Gasteiger partial charge in [-0.25, -0.2) is 0 Å². The van der Waals surface area contributed by atoms with Crippen LogP contribution in [0.5, 0.6) is 5.75 Å². The summed E-state index contributed by atoms with van der Waals surface area (Å²) in [6.07, 6.45) is 3.22. The third-order valence-corrected chi connectivity index (χ3v) is 3.85. The first-order valence-corrected chi connectivity index (χ1v) is 7.50. The van der Waals surface area contributed by atoms with Crippen molar-refractivity contribution >= 4 is 11.6 Å². The third-order valence-electron chi connectivity index (χ3n) is 3.85. The van der Waals surface area contributed by atoms with Gasteiger partial charge in [0, 0.05) is 0 Å². The van der Waals surface area contributed by atoms with Crippen LogP contribution in [0.2, 0.25) is 0 Å². The zero-order valence-corrected chi connectivity index (χ0v) is 12.3. The monoisotopic (exact) mass is 276 g/mol. The summed E-state index contributed by atoms with van der Waals surface area (Å²) < 4.78 is 5.53. The lowest BCUT2D eigenvalue weighted by Gasteiger charge is -2.29. The fourth-order valence-corrected chi connectivity index (χ4v) is 2.64. The number of amides is 1. The average Bonchev–Trinajstić information content (AvgIpc) is 2.49. The van der Waals surface area contributed by atoms with Gasteiger partial charge in [0.05, 0.1) is 18.3 Å². The van der Waals surface area contributed by atoms with E-state index in [1.54, 1.807) is 0 Å². The van der Waals surface area contributed by atoms with E-state index < -0.39 is 0 Å². The maximum atomic E-state index is 12.4. The van der Waals surface area contributed by atoms with Crippen molar-refractivity contribution in [1.82, 2.24) is 5.32 Å². The Morgan fingerprint density at radius 1 is 1.40 bits per heavy atom. The highest BCUT2D eigenvalue weighted by Crippen LogP contribution is 2.25. The van der Waals surface area contributed by atoms with E-state index in [0.717, 1.165) is 37.2 Å². The van der Waals surface area contributed by atoms with E-state index >= 15 is 0 Å². The molecule has 2 N–H and O–H groups in total. The van der Waals surface area contributed by atoms with E-state index in [0.29, 0.717) is 12.5 Å². The number of carbonyl (C=O) groups is 1. The molecule has 1 fully saturated rings. The second kappa shape index (κ2) is 7.29. The third kappa shape index (κ3) is 3.73. The van der Waals surface area contributed by atoms with Gasteiger partial charge in [0.25, 0.3) is 0 Å². The van der Waals surface area contributed by atoms with Crippen LogP contribution in [0.4, 0.5) is 5.69 Å². The quantitative estimate of drug-likeness (QED) is 0.869. The second-order valence-electron chi connectivity index (χ2n) is 5.22. The fraction of sp³-hybridized carbons (Fsp3) is 0.562. The van der Waals surface area contributed by atoms with Crippen molar-refractivity contribution in [2.45, 2.75) is 39.2 Å². The van der Waals surface area contributed by atoms with Crippen molar-refractivity contribution in [1.29, 1.82) is 0 Å². The molecule has 1 saturated heterocycles. The van der Waals surface area contributed by atoms with E-state index in [-0.39, 0.29) is 11.9 Å². The number of para-hydroxylation sites is 2. The minimum Gasteiger partial charge on any atom is -0.492 e. The van der Waals surface area contributed by atoms with E-state index in [9.17, 15) is 4.79 Å². The number of carbonyl (C=O) groups excluding carboxylic acids is 1. The van der Waals surface area contributed by atoms with Crippen LogP contribution in [0.1, 0.15) is 33.1 Å². The Hall–Kier alpha value is -1.55. The van der Waals surface area contributed by atoms with Crippen LogP contribution >= 0.6 is 0 Å². The summed E-state index contributed by atoms with van der Waals surface area (Å²) in [5, 5.41) is 6.29. The number of ether oxygens (including phenoxy) is 1. The normalized spacial score (nSPS) is 22.3. The molecule has 0 spiro atoms. The van der Waals surface area contributed by atoms with E-state index in [1.165, 1.54) is 0 Å². The molecule has 2 unspecified atom stereocenters. The number of hydrogen-bond acceptors (Lipinski definition) is 3. The Bertz CT molecular complexity index is 448. The molecule has 1 aliphatic rings. The SMILES string of the molecule is CCOc1ccccc1NC(=O)C1CC(CC)CCN1. The molecular formula is C16H24N2O2. The molecule has 1 amide bonds. The minimum absolute atomic E-state index is 0.0373. The smallest absolute Gasteiger partial charge is 0.241 e. The molecule has 1 aromatic carbocycles. The van der Waals surface area contributed by atoms with Gasteiger partial charge in [-0.15, -0.1) is 0 Å². The summed E-state index contributed by atoms with van der Waals surface area (Å²) in [6, 6.07) is 7.47. The zero-order chi connectivity index (χ0) is 14.4. The molecule has 0 bridgehead atoms. The van der Waals surface area contributed by atoms with Gasteiger partial charge in [-0.05, 0) is 44.4 Å². The molecule has 1 aromatic rings. The highest BCUT2D eigenvalue weighted by molar-refractivity contribution is 5.96. The molecule has 4 nitrogen and oxygen atoms in total. The summed E-state index contributed by atoms with van der Waals surface area (Å²) in [6.45, 7) is 5.64. The first-order chi connectivity index (χ1) is 9.74. The molecule has 0 aliphatic carbocycles. The topological polar surface area (TPSA) is 50.4 Å². The van der Waals surface area contributed by atoms with Crippen LogP contribution in [-0.4, -0.2) is 25.1 Å². The molecule has 20 heavy (non-hydrogen) atoms. The van der Waals surface area contributed by atoms with Crippen LogP contribution in [0.3, 0.4) is 0 Å². The second-order valence-corrected chi connectivity index (χ2v) is 5.22. The largest absolute Gasteiger partial charge is 0.492 e. The maximum Gasteiger partial charge on any atom is 0.241 e. The van der Waals surface area contributed by atoms with Crippen molar-refractivity contribution in [3.05, 3.63) is 24.3 Å². The standard InChI is InChI=1S/C16H24N2O2/c1-3-12-9-10-17-14(11-12)16(19)18-13-7-5-6-8-15(13)20-4-2/h5-8,12,14,17H,3-4,9-11H2,1-2H3,(H,18,19). The van der Waals surface area contributed by atoms with Crippen molar-refractivity contribution in [2.24, 2.45) is 5.92 Å². The van der Waals surface area contributed by atoms with Crippen LogP contribution in [-0.2, 0) is 4.79 Å². The molecular weight excluding hydrogens is 252 g/mol. The molecule has 2 rings (SSSR count). The predicted molar refractivity (Wildman–Crippen MR) is 81.0 cm³/mol. The van der Waals surface area contributed by atoms with Crippen molar-refractivity contribution in [3.8, 4) is 5.75 Å². The Morgan fingerprint density at radius 3 is 2.95 bits per heavy atom. The van der Waals surface area contributed by atoms with Gasteiger partial charge in [0.2, 0.25) is 5.91 Å². The molecule has 2 atom stereocenters. The average molecular weight is 276 g/mol. The number of rotatable bonds is 5. The fourth-order valence-electron chi connectivity index (χ4n) is 2.64. The number of piperidine rings is 1. The Morgan fingerprint density at radius 2 is 2.20 bits per heavy atom. The maximum absolute atomic E-state index is 12.4. The Kier molecular flexibility index (Phi) is 5.41. The van der Waals surface area contributed by atoms with Gasteiger partial charge in [0.15, 0.2) is 0 Å². The molecule has 110 valence electrons. The summed E-state index contributed by atoms with van der Waals surface area (Å²) in [5.74, 6) is 1.41. The van der Waals surface area contributed by atoms with Crippen molar-refractivity contribution < 1.29 is 9.53 Å². The summed E-state index contributed by atoms with van der Waals surface area (Å²) in [5.41, 5.74) is 0.750. The molecule has 0 saturated carbocycles. The number of nitrogens with one attached hydrogen (secondary N) is 2. The van der Waals surface area contributed by atoms with Gasteiger partial charge < -0.3 is 15.4 Å². The molecule has 4 heteroatoms. The highest BCUT2D eigenvalue weighted by atomic mass is 16.5. The predicted octanol–water partition coefficient (Wildman–Crippen LogP) is 2.80. The van der Waals surface area contributed by atoms with Gasteiger partial charge in [-0.1, -0.05) is 25.5 Å². The number of hydrogen-bond donors (Lipinski definition) is 2. The van der Waals surface area contributed by atoms with Crippen molar-refractivity contribution in [3.63, 3.8) is 0 Å². The van der Waals surface area contributed by atoms with E-state index in [1.807, 2.05) is 31.2 Å². The minimum atomic E-state index is -0.0941. The van der Waals surface area contributed by atoms with Gasteiger partial charge >= 0.3 is 0 Å². The lowest BCUT2D eigenvalue weighted by Crippen LogP contribution is -2.46. The Balaban J connectivity index is 2.00. The summed E-state index contributed by atoms with van der Waals surface area (Å²) in [4.78, 5) is 12.4. The highest BCUT2D eigenvalue weighted by Gasteiger charge is 2.26. The van der Waals surface area contributed by atoms with Crippen LogP contribution in [0.25, 0.3) is 0 Å². The summed E-state index contributed by atoms with van der Waals surface area (Å²) >= 11 is 0. The van der Waals surface area contributed by atoms with Crippen LogP contribution in [0, 0.1) is 5.92 Å². The van der Waals surface area contributed by atoms with Gasteiger partial charge in [0.1, 0.15) is 5.75 Å². The number of anilines is 1. The van der Waals surface area contributed by atoms with Crippen molar-refractivity contribution in [2.75, 3.05) is 18.5 Å². The van der Waals surface area contributed by atoms with E-state index in [4.69, 9.17) is 4.74 Å². The molecule has 1 heterocycles. The van der Waals surface area contributed by atoms with E-state index in [2.05, 4.69) is 17.6 Å². The van der Waals surface area contributed by atoms with Gasteiger partial charge in [-0.2, -0.15) is 0 Å². The molecule has 0 radical (unpaired) electrons.